The number of benzene rings is 1. The van der Waals surface area contributed by atoms with Crippen LogP contribution in [0, 0.1) is 5.82 Å². The zero-order valence-electron chi connectivity index (χ0n) is 14.6. The average Bonchev–Trinajstić information content (AvgIpc) is 2.69. The molecule has 0 bridgehead atoms. The number of amides is 1. The number of aromatic nitrogens is 1. The molecular formula is C20H22FN3O2. The van der Waals surface area contributed by atoms with E-state index in [-0.39, 0.29) is 23.9 Å². The first-order valence-corrected chi connectivity index (χ1v) is 9.01. The summed E-state index contributed by atoms with van der Waals surface area (Å²) in [4.78, 5) is 21.0. The summed E-state index contributed by atoms with van der Waals surface area (Å²) in [5.74, 6) is -0.169. The molecule has 0 aliphatic carbocycles. The zero-order chi connectivity index (χ0) is 17.9. The van der Waals surface area contributed by atoms with Gasteiger partial charge in [-0.1, -0.05) is 18.2 Å². The lowest BCUT2D eigenvalue weighted by Gasteiger charge is -2.47. The maximum absolute atomic E-state index is 14.0. The third-order valence-corrected chi connectivity index (χ3v) is 5.21. The van der Waals surface area contributed by atoms with E-state index in [9.17, 15) is 9.18 Å². The molecule has 4 rings (SSSR count). The number of hydrogen-bond acceptors (Lipinski definition) is 4. The van der Waals surface area contributed by atoms with Gasteiger partial charge in [-0.15, -0.1) is 0 Å². The van der Waals surface area contributed by atoms with Crippen LogP contribution in [0.2, 0.25) is 0 Å². The molecular weight excluding hydrogens is 333 g/mol. The third-order valence-electron chi connectivity index (χ3n) is 5.21. The molecule has 2 saturated heterocycles. The second-order valence-corrected chi connectivity index (χ2v) is 6.83. The lowest BCUT2D eigenvalue weighted by molar-refractivity contribution is -0.0915. The van der Waals surface area contributed by atoms with Crippen molar-refractivity contribution in [2.75, 3.05) is 26.2 Å². The molecule has 1 amide bonds. The first kappa shape index (κ1) is 17.1. The fourth-order valence-electron chi connectivity index (χ4n) is 3.86. The number of rotatable bonds is 3. The Hall–Kier alpha value is -2.31. The molecule has 0 saturated carbocycles. The van der Waals surface area contributed by atoms with Gasteiger partial charge in [0.1, 0.15) is 5.82 Å². The van der Waals surface area contributed by atoms with Crippen LogP contribution >= 0.6 is 0 Å². The van der Waals surface area contributed by atoms with Crippen molar-refractivity contribution in [3.05, 3.63) is 65.7 Å². The molecule has 136 valence electrons. The average molecular weight is 355 g/mol. The Labute approximate surface area is 152 Å². The highest BCUT2D eigenvalue weighted by Crippen LogP contribution is 2.26. The summed E-state index contributed by atoms with van der Waals surface area (Å²) in [7, 11) is 0. The van der Waals surface area contributed by atoms with Crippen molar-refractivity contribution in [1.82, 2.24) is 14.8 Å². The molecule has 26 heavy (non-hydrogen) atoms. The monoisotopic (exact) mass is 355 g/mol. The molecule has 2 atom stereocenters. The van der Waals surface area contributed by atoms with Crippen molar-refractivity contribution >= 4 is 5.91 Å². The van der Waals surface area contributed by atoms with E-state index in [0.717, 1.165) is 13.0 Å². The van der Waals surface area contributed by atoms with Crippen molar-refractivity contribution < 1.29 is 13.9 Å². The number of hydrogen-bond donors (Lipinski definition) is 0. The van der Waals surface area contributed by atoms with Gasteiger partial charge >= 0.3 is 0 Å². The van der Waals surface area contributed by atoms with Gasteiger partial charge in [-0.25, -0.2) is 4.39 Å². The molecule has 0 radical (unpaired) electrons. The number of nitrogens with zero attached hydrogens (tertiary/aromatic N) is 3. The molecule has 6 heteroatoms. The summed E-state index contributed by atoms with van der Waals surface area (Å²) in [6.45, 7) is 3.22. The zero-order valence-corrected chi connectivity index (χ0v) is 14.6. The number of ether oxygens (including phenoxy) is 1. The standard InChI is InChI=1S/C20H22FN3O2/c21-17-4-2-1-3-16(17)13-23-10-7-19-18(14-23)24(11-12-26-19)20(25)15-5-8-22-9-6-15/h1-6,8-9,18-19H,7,10-14H2/t18-,19-/m1/s1. The highest BCUT2D eigenvalue weighted by atomic mass is 19.1. The Morgan fingerprint density at radius 1 is 1.19 bits per heavy atom. The van der Waals surface area contributed by atoms with E-state index < -0.39 is 0 Å². The van der Waals surface area contributed by atoms with E-state index in [0.29, 0.717) is 37.4 Å². The highest BCUT2D eigenvalue weighted by Gasteiger charge is 2.39. The van der Waals surface area contributed by atoms with Crippen LogP contribution in [-0.2, 0) is 11.3 Å². The molecule has 2 aliphatic rings. The lowest BCUT2D eigenvalue weighted by Crippen LogP contribution is -2.61. The van der Waals surface area contributed by atoms with Gasteiger partial charge in [-0.3, -0.25) is 14.7 Å². The van der Waals surface area contributed by atoms with Gasteiger partial charge in [0.2, 0.25) is 0 Å². The van der Waals surface area contributed by atoms with Crippen LogP contribution in [-0.4, -0.2) is 59.1 Å². The molecule has 1 aromatic carbocycles. The van der Waals surface area contributed by atoms with Gasteiger partial charge in [0.25, 0.3) is 5.91 Å². The summed E-state index contributed by atoms with van der Waals surface area (Å²) < 4.78 is 19.9. The molecule has 2 fully saturated rings. The second kappa shape index (κ2) is 7.51. The van der Waals surface area contributed by atoms with E-state index in [1.807, 2.05) is 17.0 Å². The predicted molar refractivity (Wildman–Crippen MR) is 95.1 cm³/mol. The Balaban J connectivity index is 1.50. The third kappa shape index (κ3) is 3.48. The minimum atomic E-state index is -0.181. The largest absolute Gasteiger partial charge is 0.374 e. The van der Waals surface area contributed by atoms with Crippen LogP contribution in [0.3, 0.4) is 0 Å². The highest BCUT2D eigenvalue weighted by molar-refractivity contribution is 5.94. The molecule has 1 aromatic heterocycles. The second-order valence-electron chi connectivity index (χ2n) is 6.83. The van der Waals surface area contributed by atoms with Gasteiger partial charge < -0.3 is 9.64 Å². The maximum atomic E-state index is 14.0. The first-order chi connectivity index (χ1) is 12.7. The number of pyridine rings is 1. The molecule has 2 aliphatic heterocycles. The van der Waals surface area contributed by atoms with Crippen molar-refractivity contribution in [2.45, 2.75) is 25.1 Å². The van der Waals surface area contributed by atoms with E-state index in [4.69, 9.17) is 4.74 Å². The molecule has 0 spiro atoms. The van der Waals surface area contributed by atoms with Crippen LogP contribution in [0.1, 0.15) is 22.3 Å². The van der Waals surface area contributed by atoms with Crippen LogP contribution in [0.4, 0.5) is 4.39 Å². The Morgan fingerprint density at radius 3 is 2.81 bits per heavy atom. The minimum Gasteiger partial charge on any atom is -0.374 e. The van der Waals surface area contributed by atoms with Crippen LogP contribution in [0.15, 0.2) is 48.8 Å². The quantitative estimate of drug-likeness (QED) is 0.848. The van der Waals surface area contributed by atoms with Gasteiger partial charge in [-0.05, 0) is 24.6 Å². The summed E-state index contributed by atoms with van der Waals surface area (Å²) in [5.41, 5.74) is 1.33. The van der Waals surface area contributed by atoms with Crippen LogP contribution in [0.25, 0.3) is 0 Å². The fourth-order valence-corrected chi connectivity index (χ4v) is 3.86. The number of halogens is 1. The number of fused-ring (bicyclic) bond motifs is 1. The lowest BCUT2D eigenvalue weighted by atomic mass is 9.97. The summed E-state index contributed by atoms with van der Waals surface area (Å²) >= 11 is 0. The van der Waals surface area contributed by atoms with E-state index in [1.165, 1.54) is 6.07 Å². The Kier molecular flexibility index (Phi) is 4.95. The molecule has 3 heterocycles. The number of morpholine rings is 1. The first-order valence-electron chi connectivity index (χ1n) is 9.01. The van der Waals surface area contributed by atoms with Crippen molar-refractivity contribution in [2.24, 2.45) is 0 Å². The number of carbonyl (C=O) groups is 1. The van der Waals surface area contributed by atoms with Gasteiger partial charge in [0.15, 0.2) is 0 Å². The van der Waals surface area contributed by atoms with Gasteiger partial charge in [-0.2, -0.15) is 0 Å². The number of likely N-dealkylation sites (tertiary alicyclic amines) is 1. The Morgan fingerprint density at radius 2 is 2.00 bits per heavy atom. The van der Waals surface area contributed by atoms with Crippen molar-refractivity contribution in [3.8, 4) is 0 Å². The molecule has 0 N–H and O–H groups in total. The minimum absolute atomic E-state index is 0.00932. The van der Waals surface area contributed by atoms with Gasteiger partial charge in [0, 0.05) is 49.7 Å². The predicted octanol–water partition coefficient (Wildman–Crippen LogP) is 2.34. The van der Waals surface area contributed by atoms with E-state index in [1.54, 1.807) is 30.6 Å². The van der Waals surface area contributed by atoms with E-state index >= 15 is 0 Å². The fraction of sp³-hybridized carbons (Fsp3) is 0.400. The Bertz CT molecular complexity index is 771. The molecule has 5 nitrogen and oxygen atoms in total. The normalized spacial score (nSPS) is 23.5. The maximum Gasteiger partial charge on any atom is 0.254 e. The SMILES string of the molecule is O=C(c1ccncc1)N1CCO[C@@H]2CCN(Cc3ccccc3F)C[C@H]21. The van der Waals surface area contributed by atoms with Crippen LogP contribution < -0.4 is 0 Å². The summed E-state index contributed by atoms with van der Waals surface area (Å²) in [6.07, 6.45) is 4.16. The van der Waals surface area contributed by atoms with Crippen LogP contribution in [0.5, 0.6) is 0 Å². The van der Waals surface area contributed by atoms with Crippen molar-refractivity contribution in [1.29, 1.82) is 0 Å². The molecule has 0 unspecified atom stereocenters. The summed E-state index contributed by atoms with van der Waals surface area (Å²) in [6, 6.07) is 10.3. The van der Waals surface area contributed by atoms with Gasteiger partial charge in [0.05, 0.1) is 18.8 Å². The van der Waals surface area contributed by atoms with E-state index in [2.05, 4.69) is 9.88 Å². The molecule has 2 aromatic rings. The number of piperidine rings is 1. The number of carbonyl (C=O) groups excluding carboxylic acids is 1. The summed E-state index contributed by atoms with van der Waals surface area (Å²) in [5, 5.41) is 0. The smallest absolute Gasteiger partial charge is 0.254 e. The topological polar surface area (TPSA) is 45.7 Å². The van der Waals surface area contributed by atoms with Crippen molar-refractivity contribution in [3.63, 3.8) is 0 Å².